The van der Waals surface area contributed by atoms with Crippen molar-refractivity contribution in [3.63, 3.8) is 0 Å². The number of benzene rings is 1. The minimum Gasteiger partial charge on any atom is -0.505 e. The zero-order chi connectivity index (χ0) is 18.8. The van der Waals surface area contributed by atoms with Crippen molar-refractivity contribution in [2.24, 2.45) is 0 Å². The Kier molecular flexibility index (Phi) is 4.97. The molecule has 2 heterocycles. The number of halogens is 1. The Morgan fingerprint density at radius 3 is 2.81 bits per heavy atom. The lowest BCUT2D eigenvalue weighted by Crippen LogP contribution is -2.23. The highest BCUT2D eigenvalue weighted by Gasteiger charge is 2.21. The number of rotatable bonds is 5. The topological polar surface area (TPSA) is 92.9 Å². The highest BCUT2D eigenvalue weighted by molar-refractivity contribution is 7.18. The second-order valence-corrected chi connectivity index (χ2v) is 7.70. The van der Waals surface area contributed by atoms with E-state index in [0.717, 1.165) is 18.7 Å². The Morgan fingerprint density at radius 2 is 2.04 bits per heavy atom. The molecule has 0 saturated heterocycles. The normalized spacial score (nSPS) is 15.2. The molecule has 1 aliphatic carbocycles. The van der Waals surface area contributed by atoms with E-state index >= 15 is 0 Å². The second kappa shape index (κ2) is 7.55. The van der Waals surface area contributed by atoms with Gasteiger partial charge >= 0.3 is 0 Å². The van der Waals surface area contributed by atoms with Gasteiger partial charge in [-0.05, 0) is 41.5 Å². The summed E-state index contributed by atoms with van der Waals surface area (Å²) in [6.45, 7) is 0.521. The summed E-state index contributed by atoms with van der Waals surface area (Å²) in [5.74, 6) is -0.250. The zero-order valence-corrected chi connectivity index (χ0v) is 15.7. The smallest absolute Gasteiger partial charge is 0.208 e. The van der Waals surface area contributed by atoms with E-state index in [1.807, 2.05) is 16.6 Å². The van der Waals surface area contributed by atoms with Crippen molar-refractivity contribution in [1.29, 1.82) is 0 Å². The summed E-state index contributed by atoms with van der Waals surface area (Å²) in [4.78, 5) is 1.94. The number of anilines is 1. The molecule has 1 N–H and O–H groups in total. The molecule has 8 nitrogen and oxygen atoms in total. The van der Waals surface area contributed by atoms with E-state index in [9.17, 15) is 9.50 Å². The predicted molar refractivity (Wildman–Crippen MR) is 99.0 cm³/mol. The molecule has 10 heteroatoms. The summed E-state index contributed by atoms with van der Waals surface area (Å²) < 4.78 is 15.2. The molecule has 4 rings (SSSR count). The van der Waals surface area contributed by atoms with Crippen LogP contribution in [0.25, 0.3) is 10.6 Å². The SMILES string of the molecule is CN(Cc1nnnn1C1CCCCC1)c1nnc(-c2ccc(F)c(O)c2)s1. The fourth-order valence-electron chi connectivity index (χ4n) is 3.34. The molecule has 1 fully saturated rings. The van der Waals surface area contributed by atoms with Crippen LogP contribution in [0.3, 0.4) is 0 Å². The van der Waals surface area contributed by atoms with Gasteiger partial charge in [-0.3, -0.25) is 0 Å². The first-order valence-corrected chi connectivity index (χ1v) is 9.74. The maximum atomic E-state index is 13.2. The van der Waals surface area contributed by atoms with E-state index < -0.39 is 11.6 Å². The van der Waals surface area contributed by atoms with Crippen molar-refractivity contribution >= 4 is 16.5 Å². The minimum atomic E-state index is -0.657. The van der Waals surface area contributed by atoms with Gasteiger partial charge in [0.15, 0.2) is 17.4 Å². The van der Waals surface area contributed by atoms with Crippen LogP contribution in [-0.4, -0.2) is 42.6 Å². The molecule has 3 aromatic rings. The van der Waals surface area contributed by atoms with E-state index in [-0.39, 0.29) is 0 Å². The molecule has 0 atom stereocenters. The Labute approximate surface area is 159 Å². The lowest BCUT2D eigenvalue weighted by molar-refractivity contribution is 0.316. The molecule has 0 unspecified atom stereocenters. The molecular weight excluding hydrogens is 369 g/mol. The van der Waals surface area contributed by atoms with Gasteiger partial charge in [0, 0.05) is 12.6 Å². The Morgan fingerprint density at radius 1 is 1.22 bits per heavy atom. The average molecular weight is 389 g/mol. The van der Waals surface area contributed by atoms with Crippen LogP contribution in [-0.2, 0) is 6.54 Å². The van der Waals surface area contributed by atoms with Crippen LogP contribution in [0.2, 0.25) is 0 Å². The molecule has 1 saturated carbocycles. The Hall–Kier alpha value is -2.62. The number of nitrogens with zero attached hydrogens (tertiary/aromatic N) is 7. The first-order valence-electron chi connectivity index (χ1n) is 8.92. The second-order valence-electron chi connectivity index (χ2n) is 6.74. The van der Waals surface area contributed by atoms with Gasteiger partial charge in [-0.25, -0.2) is 9.07 Å². The van der Waals surface area contributed by atoms with Crippen molar-refractivity contribution < 1.29 is 9.50 Å². The van der Waals surface area contributed by atoms with Crippen molar-refractivity contribution in [1.82, 2.24) is 30.4 Å². The highest BCUT2D eigenvalue weighted by atomic mass is 32.1. The molecule has 142 valence electrons. The largest absolute Gasteiger partial charge is 0.505 e. The molecule has 0 bridgehead atoms. The van der Waals surface area contributed by atoms with E-state index in [2.05, 4.69) is 25.7 Å². The van der Waals surface area contributed by atoms with E-state index in [1.54, 1.807) is 6.07 Å². The maximum absolute atomic E-state index is 13.2. The third kappa shape index (κ3) is 3.75. The molecule has 0 radical (unpaired) electrons. The van der Waals surface area contributed by atoms with Crippen LogP contribution < -0.4 is 4.90 Å². The molecule has 27 heavy (non-hydrogen) atoms. The molecule has 2 aromatic heterocycles. The van der Waals surface area contributed by atoms with Gasteiger partial charge in [0.2, 0.25) is 5.13 Å². The zero-order valence-electron chi connectivity index (χ0n) is 14.9. The lowest BCUT2D eigenvalue weighted by atomic mass is 9.95. The average Bonchev–Trinajstić information content (AvgIpc) is 3.34. The van der Waals surface area contributed by atoms with Gasteiger partial charge in [-0.1, -0.05) is 30.6 Å². The quantitative estimate of drug-likeness (QED) is 0.716. The summed E-state index contributed by atoms with van der Waals surface area (Å²) >= 11 is 1.36. The molecular formula is C17H20FN7OS. The van der Waals surface area contributed by atoms with Crippen molar-refractivity contribution in [3.05, 3.63) is 29.8 Å². The van der Waals surface area contributed by atoms with Gasteiger partial charge in [-0.2, -0.15) is 0 Å². The third-order valence-electron chi connectivity index (χ3n) is 4.79. The van der Waals surface area contributed by atoms with Gasteiger partial charge in [-0.15, -0.1) is 15.3 Å². The molecule has 0 aliphatic heterocycles. The van der Waals surface area contributed by atoms with Crippen LogP contribution in [0.15, 0.2) is 18.2 Å². The van der Waals surface area contributed by atoms with Gasteiger partial charge in [0.1, 0.15) is 5.01 Å². The maximum Gasteiger partial charge on any atom is 0.208 e. The Bertz CT molecular complexity index is 922. The first-order chi connectivity index (χ1) is 13.1. The minimum absolute atomic E-state index is 0.365. The van der Waals surface area contributed by atoms with Crippen LogP contribution in [0, 0.1) is 5.82 Å². The van der Waals surface area contributed by atoms with E-state index in [4.69, 9.17) is 0 Å². The van der Waals surface area contributed by atoms with Crippen LogP contribution in [0.4, 0.5) is 9.52 Å². The highest BCUT2D eigenvalue weighted by Crippen LogP contribution is 2.32. The monoisotopic (exact) mass is 389 g/mol. The number of hydrogen-bond donors (Lipinski definition) is 1. The number of aromatic hydroxyl groups is 1. The fraction of sp³-hybridized carbons (Fsp3) is 0.471. The molecule has 0 amide bonds. The number of aromatic nitrogens is 6. The molecule has 1 aliphatic rings. The number of hydrogen-bond acceptors (Lipinski definition) is 8. The summed E-state index contributed by atoms with van der Waals surface area (Å²) in [7, 11) is 1.91. The van der Waals surface area contributed by atoms with Crippen molar-refractivity contribution in [2.75, 3.05) is 11.9 Å². The molecule has 0 spiro atoms. The Balaban J connectivity index is 1.49. The number of tetrazole rings is 1. The summed E-state index contributed by atoms with van der Waals surface area (Å²) in [5, 5.41) is 31.5. The third-order valence-corrected chi connectivity index (χ3v) is 5.88. The standard InChI is InChI=1S/C17H20FN7OS/c1-24(10-15-19-22-23-25(15)12-5-3-2-4-6-12)17-21-20-16(27-17)11-7-8-13(18)14(26)9-11/h7-9,12,26H,2-6,10H2,1H3. The van der Waals surface area contributed by atoms with Crippen LogP contribution in [0.1, 0.15) is 44.0 Å². The lowest BCUT2D eigenvalue weighted by Gasteiger charge is -2.23. The van der Waals surface area contributed by atoms with Crippen LogP contribution in [0.5, 0.6) is 5.75 Å². The summed E-state index contributed by atoms with van der Waals surface area (Å²) in [5.41, 5.74) is 0.623. The van der Waals surface area contributed by atoms with Gasteiger partial charge < -0.3 is 10.0 Å². The van der Waals surface area contributed by atoms with Gasteiger partial charge in [0.25, 0.3) is 0 Å². The predicted octanol–water partition coefficient (Wildman–Crippen LogP) is 3.18. The number of phenolic OH excluding ortho intramolecular Hbond substituents is 1. The first kappa shape index (κ1) is 17.8. The summed E-state index contributed by atoms with van der Waals surface area (Å²) in [6, 6.07) is 4.50. The van der Waals surface area contributed by atoms with Crippen molar-refractivity contribution in [2.45, 2.75) is 44.7 Å². The van der Waals surface area contributed by atoms with Gasteiger partial charge in [0.05, 0.1) is 12.6 Å². The summed E-state index contributed by atoms with van der Waals surface area (Å²) in [6.07, 6.45) is 5.92. The number of phenols is 1. The fourth-order valence-corrected chi connectivity index (χ4v) is 4.14. The van der Waals surface area contributed by atoms with E-state index in [1.165, 1.54) is 42.7 Å². The molecule has 1 aromatic carbocycles. The van der Waals surface area contributed by atoms with Crippen molar-refractivity contribution in [3.8, 4) is 16.3 Å². The van der Waals surface area contributed by atoms with E-state index in [0.29, 0.717) is 28.3 Å². The van der Waals surface area contributed by atoms with Crippen LogP contribution >= 0.6 is 11.3 Å².